The highest BCUT2D eigenvalue weighted by Gasteiger charge is 2.32. The van der Waals surface area contributed by atoms with Gasteiger partial charge in [-0.1, -0.05) is 32.9 Å². The molecule has 0 saturated heterocycles. The molecule has 1 aromatic carbocycles. The maximum absolute atomic E-state index is 11.2. The lowest BCUT2D eigenvalue weighted by molar-refractivity contribution is -0.138. The van der Waals surface area contributed by atoms with E-state index in [1.54, 1.807) is 4.68 Å². The van der Waals surface area contributed by atoms with E-state index in [9.17, 15) is 4.79 Å². The molecule has 0 fully saturated rings. The quantitative estimate of drug-likeness (QED) is 0.799. The number of aromatic nitrogens is 4. The Labute approximate surface area is 136 Å². The van der Waals surface area contributed by atoms with Crippen LogP contribution in [0.1, 0.15) is 33.2 Å². The predicted molar refractivity (Wildman–Crippen MR) is 86.7 cm³/mol. The lowest BCUT2D eigenvalue weighted by Gasteiger charge is -2.29. The molecule has 112 valence electrons. The number of halogens is 1. The van der Waals surface area contributed by atoms with Gasteiger partial charge >= 0.3 is 5.97 Å². The molecule has 0 aliphatic rings. The van der Waals surface area contributed by atoms with Crippen LogP contribution in [0.3, 0.4) is 0 Å². The van der Waals surface area contributed by atoms with Gasteiger partial charge in [-0.3, -0.25) is 4.79 Å². The molecule has 0 spiro atoms. The van der Waals surface area contributed by atoms with E-state index in [2.05, 4.69) is 38.1 Å². The minimum atomic E-state index is -0.862. The van der Waals surface area contributed by atoms with Gasteiger partial charge in [-0.05, 0) is 50.6 Å². The molecule has 21 heavy (non-hydrogen) atoms. The van der Waals surface area contributed by atoms with Crippen LogP contribution in [0.4, 0.5) is 0 Å². The average Bonchev–Trinajstić information content (AvgIpc) is 2.83. The van der Waals surface area contributed by atoms with Gasteiger partial charge in [0.15, 0.2) is 5.82 Å². The van der Waals surface area contributed by atoms with Crippen LogP contribution in [-0.4, -0.2) is 31.3 Å². The standard InChI is InChI=1S/C14H17IN4O2/c1-14(2,3)11(8-12(20)21)19-13(16-17-18-19)9-5-4-6-10(15)7-9/h4-7,11H,8H2,1-3H3,(H,20,21). The first kappa shape index (κ1) is 15.9. The van der Waals surface area contributed by atoms with E-state index >= 15 is 0 Å². The van der Waals surface area contributed by atoms with Gasteiger partial charge < -0.3 is 5.11 Å². The Hall–Kier alpha value is -1.51. The van der Waals surface area contributed by atoms with Gasteiger partial charge in [0.25, 0.3) is 0 Å². The van der Waals surface area contributed by atoms with E-state index in [-0.39, 0.29) is 17.9 Å². The van der Waals surface area contributed by atoms with Crippen molar-refractivity contribution in [3.63, 3.8) is 0 Å². The van der Waals surface area contributed by atoms with E-state index in [0.717, 1.165) is 9.13 Å². The largest absolute Gasteiger partial charge is 0.481 e. The molecule has 1 heterocycles. The minimum absolute atomic E-state index is 0.0224. The minimum Gasteiger partial charge on any atom is -0.481 e. The summed E-state index contributed by atoms with van der Waals surface area (Å²) in [5.41, 5.74) is 0.608. The fourth-order valence-electron chi connectivity index (χ4n) is 2.15. The zero-order valence-corrected chi connectivity index (χ0v) is 14.3. The maximum Gasteiger partial charge on any atom is 0.305 e. The van der Waals surface area contributed by atoms with Gasteiger partial charge in [0.05, 0.1) is 12.5 Å². The van der Waals surface area contributed by atoms with Crippen molar-refractivity contribution in [2.75, 3.05) is 0 Å². The summed E-state index contributed by atoms with van der Waals surface area (Å²) in [7, 11) is 0. The Balaban J connectivity index is 2.49. The molecule has 7 heteroatoms. The highest BCUT2D eigenvalue weighted by atomic mass is 127. The SMILES string of the molecule is CC(C)(C)C(CC(=O)O)n1nnnc1-c1cccc(I)c1. The van der Waals surface area contributed by atoms with Crippen LogP contribution in [-0.2, 0) is 4.79 Å². The molecule has 1 unspecified atom stereocenters. The van der Waals surface area contributed by atoms with Gasteiger partial charge in [-0.15, -0.1) is 5.10 Å². The van der Waals surface area contributed by atoms with Crippen LogP contribution in [0.2, 0.25) is 0 Å². The summed E-state index contributed by atoms with van der Waals surface area (Å²) in [6.45, 7) is 5.96. The average molecular weight is 400 g/mol. The Kier molecular flexibility index (Phi) is 4.60. The smallest absolute Gasteiger partial charge is 0.305 e. The fourth-order valence-corrected chi connectivity index (χ4v) is 2.69. The normalized spacial score (nSPS) is 13.1. The first-order chi connectivity index (χ1) is 9.79. The molecule has 0 amide bonds. The van der Waals surface area contributed by atoms with E-state index in [1.165, 1.54) is 0 Å². The van der Waals surface area contributed by atoms with Crippen LogP contribution < -0.4 is 0 Å². The fraction of sp³-hybridized carbons (Fsp3) is 0.429. The second-order valence-electron chi connectivity index (χ2n) is 5.94. The molecule has 1 aromatic heterocycles. The highest BCUT2D eigenvalue weighted by Crippen LogP contribution is 2.35. The summed E-state index contributed by atoms with van der Waals surface area (Å²) in [5, 5.41) is 21.0. The molecule has 2 aromatic rings. The van der Waals surface area contributed by atoms with E-state index in [4.69, 9.17) is 5.11 Å². The topological polar surface area (TPSA) is 80.9 Å². The summed E-state index contributed by atoms with van der Waals surface area (Å²) in [4.78, 5) is 11.2. The molecule has 0 aliphatic carbocycles. The lowest BCUT2D eigenvalue weighted by atomic mass is 9.84. The monoisotopic (exact) mass is 400 g/mol. The van der Waals surface area contributed by atoms with Gasteiger partial charge in [0, 0.05) is 9.13 Å². The van der Waals surface area contributed by atoms with Gasteiger partial charge in [0.1, 0.15) is 0 Å². The number of aliphatic carboxylic acids is 1. The zero-order chi connectivity index (χ0) is 15.6. The zero-order valence-electron chi connectivity index (χ0n) is 12.1. The van der Waals surface area contributed by atoms with Crippen molar-refractivity contribution >= 4 is 28.6 Å². The molecule has 0 aliphatic heterocycles. The van der Waals surface area contributed by atoms with Gasteiger partial charge in [0.2, 0.25) is 0 Å². The third-order valence-electron chi connectivity index (χ3n) is 3.24. The van der Waals surface area contributed by atoms with Crippen molar-refractivity contribution < 1.29 is 9.90 Å². The molecule has 6 nitrogen and oxygen atoms in total. The predicted octanol–water partition coefficient (Wildman–Crippen LogP) is 3.01. The number of carboxylic acids is 1. The highest BCUT2D eigenvalue weighted by molar-refractivity contribution is 14.1. The van der Waals surface area contributed by atoms with Crippen molar-refractivity contribution in [1.29, 1.82) is 0 Å². The molecule has 0 radical (unpaired) electrons. The summed E-state index contributed by atoms with van der Waals surface area (Å²) in [6, 6.07) is 7.49. The summed E-state index contributed by atoms with van der Waals surface area (Å²) < 4.78 is 2.70. The number of hydrogen-bond acceptors (Lipinski definition) is 4. The number of hydrogen-bond donors (Lipinski definition) is 1. The van der Waals surface area contributed by atoms with E-state index < -0.39 is 5.97 Å². The molecule has 1 N–H and O–H groups in total. The van der Waals surface area contributed by atoms with Crippen molar-refractivity contribution in [2.45, 2.75) is 33.2 Å². The van der Waals surface area contributed by atoms with E-state index in [1.807, 2.05) is 45.0 Å². The van der Waals surface area contributed by atoms with Crippen LogP contribution in [0, 0.1) is 8.99 Å². The molecule has 0 saturated carbocycles. The van der Waals surface area contributed by atoms with Crippen LogP contribution in [0.15, 0.2) is 24.3 Å². The summed E-state index contributed by atoms with van der Waals surface area (Å²) in [5.74, 6) is -0.270. The molecular weight excluding hydrogens is 383 g/mol. The number of benzene rings is 1. The second-order valence-corrected chi connectivity index (χ2v) is 7.18. The first-order valence-corrected chi connectivity index (χ1v) is 7.62. The Morgan fingerprint density at radius 3 is 2.71 bits per heavy atom. The first-order valence-electron chi connectivity index (χ1n) is 6.54. The molecule has 2 rings (SSSR count). The third kappa shape index (κ3) is 3.78. The second kappa shape index (κ2) is 6.08. The Bertz CT molecular complexity index is 648. The molecule has 1 atom stereocenters. The maximum atomic E-state index is 11.2. The number of carbonyl (C=O) groups is 1. The lowest BCUT2D eigenvalue weighted by Crippen LogP contribution is -2.28. The van der Waals surface area contributed by atoms with Crippen molar-refractivity contribution in [2.24, 2.45) is 5.41 Å². The molecular formula is C14H17IN4O2. The number of tetrazole rings is 1. The number of nitrogens with zero attached hydrogens (tertiary/aromatic N) is 4. The van der Waals surface area contributed by atoms with Crippen LogP contribution >= 0.6 is 22.6 Å². The summed E-state index contributed by atoms with van der Waals surface area (Å²) >= 11 is 2.22. The van der Waals surface area contributed by atoms with Crippen LogP contribution in [0.25, 0.3) is 11.4 Å². The van der Waals surface area contributed by atoms with Gasteiger partial charge in [-0.2, -0.15) is 0 Å². The number of carboxylic acid groups (broad SMARTS) is 1. The third-order valence-corrected chi connectivity index (χ3v) is 3.91. The Morgan fingerprint density at radius 2 is 2.14 bits per heavy atom. The van der Waals surface area contributed by atoms with Crippen LogP contribution in [0.5, 0.6) is 0 Å². The van der Waals surface area contributed by atoms with Crippen molar-refractivity contribution in [3.05, 3.63) is 27.8 Å². The Morgan fingerprint density at radius 1 is 1.43 bits per heavy atom. The van der Waals surface area contributed by atoms with Crippen molar-refractivity contribution in [3.8, 4) is 11.4 Å². The molecule has 0 bridgehead atoms. The number of rotatable bonds is 4. The van der Waals surface area contributed by atoms with E-state index in [0.29, 0.717) is 5.82 Å². The summed E-state index contributed by atoms with van der Waals surface area (Å²) in [6.07, 6.45) is -0.0224. The van der Waals surface area contributed by atoms with Gasteiger partial charge in [-0.25, -0.2) is 4.68 Å². The van der Waals surface area contributed by atoms with Crippen molar-refractivity contribution in [1.82, 2.24) is 20.2 Å².